The van der Waals surface area contributed by atoms with Crippen LogP contribution in [-0.4, -0.2) is 12.5 Å². The Morgan fingerprint density at radius 3 is 2.81 bits per heavy atom. The number of hydrogen-bond acceptors (Lipinski definition) is 2. The largest absolute Gasteiger partial charge is 0.384 e. The van der Waals surface area contributed by atoms with Gasteiger partial charge in [-0.05, 0) is 43.4 Å². The summed E-state index contributed by atoms with van der Waals surface area (Å²) in [7, 11) is 0. The minimum Gasteiger partial charge on any atom is -0.384 e. The van der Waals surface area contributed by atoms with E-state index in [1.807, 2.05) is 18.2 Å². The fraction of sp³-hybridized carbons (Fsp3) is 0.462. The summed E-state index contributed by atoms with van der Waals surface area (Å²) in [6, 6.07) is 5.96. The molecule has 0 aliphatic heterocycles. The molecular weight excluding hydrogens is 200 g/mol. The van der Waals surface area contributed by atoms with E-state index in [1.54, 1.807) is 0 Å². The van der Waals surface area contributed by atoms with Crippen molar-refractivity contribution >= 4 is 17.3 Å². The zero-order chi connectivity index (χ0) is 11.5. The van der Waals surface area contributed by atoms with E-state index in [-0.39, 0.29) is 5.91 Å². The molecule has 2 N–H and O–H groups in total. The minimum atomic E-state index is -0.0306. The van der Waals surface area contributed by atoms with Gasteiger partial charge in [0.25, 0.3) is 0 Å². The number of anilines is 2. The van der Waals surface area contributed by atoms with Gasteiger partial charge in [0.15, 0.2) is 0 Å². The van der Waals surface area contributed by atoms with Crippen molar-refractivity contribution in [2.45, 2.75) is 26.7 Å². The number of aryl methyl sites for hydroxylation is 1. The lowest BCUT2D eigenvalue weighted by Gasteiger charge is -2.11. The van der Waals surface area contributed by atoms with Crippen LogP contribution in [0.3, 0.4) is 0 Å². The van der Waals surface area contributed by atoms with Crippen LogP contribution >= 0.6 is 0 Å². The first-order valence-electron chi connectivity index (χ1n) is 5.77. The standard InChI is InChI=1S/C13H18N2O/c1-9-3-6-12(15-10(2)16)7-13(9)14-8-11-4-5-11/h3,6-7,11,14H,4-5,8H2,1-2H3,(H,15,16). The monoisotopic (exact) mass is 218 g/mol. The van der Waals surface area contributed by atoms with Crippen molar-refractivity contribution in [2.24, 2.45) is 5.92 Å². The van der Waals surface area contributed by atoms with Gasteiger partial charge >= 0.3 is 0 Å². The van der Waals surface area contributed by atoms with E-state index in [0.29, 0.717) is 0 Å². The molecule has 16 heavy (non-hydrogen) atoms. The number of hydrogen-bond donors (Lipinski definition) is 2. The predicted molar refractivity (Wildman–Crippen MR) is 66.7 cm³/mol. The smallest absolute Gasteiger partial charge is 0.221 e. The topological polar surface area (TPSA) is 41.1 Å². The molecule has 0 saturated heterocycles. The minimum absolute atomic E-state index is 0.0306. The van der Waals surface area contributed by atoms with Crippen molar-refractivity contribution in [3.8, 4) is 0 Å². The average molecular weight is 218 g/mol. The lowest BCUT2D eigenvalue weighted by atomic mass is 10.1. The zero-order valence-corrected chi connectivity index (χ0v) is 9.84. The fourth-order valence-corrected chi connectivity index (χ4v) is 1.67. The highest BCUT2D eigenvalue weighted by molar-refractivity contribution is 5.89. The second kappa shape index (κ2) is 4.56. The molecule has 0 unspecified atom stereocenters. The molecule has 0 heterocycles. The zero-order valence-electron chi connectivity index (χ0n) is 9.84. The lowest BCUT2D eigenvalue weighted by Crippen LogP contribution is -2.08. The third-order valence-corrected chi connectivity index (χ3v) is 2.84. The van der Waals surface area contributed by atoms with Gasteiger partial charge in [-0.15, -0.1) is 0 Å². The van der Waals surface area contributed by atoms with Crippen molar-refractivity contribution in [3.05, 3.63) is 23.8 Å². The highest BCUT2D eigenvalue weighted by Gasteiger charge is 2.20. The summed E-state index contributed by atoms with van der Waals surface area (Å²) in [6.07, 6.45) is 2.69. The Labute approximate surface area is 96.2 Å². The van der Waals surface area contributed by atoms with Gasteiger partial charge < -0.3 is 10.6 Å². The summed E-state index contributed by atoms with van der Waals surface area (Å²) in [5.74, 6) is 0.820. The first kappa shape index (κ1) is 11.0. The van der Waals surface area contributed by atoms with Gasteiger partial charge in [-0.25, -0.2) is 0 Å². The molecule has 1 saturated carbocycles. The number of rotatable bonds is 4. The third-order valence-electron chi connectivity index (χ3n) is 2.84. The summed E-state index contributed by atoms with van der Waals surface area (Å²) in [5, 5.41) is 6.23. The highest BCUT2D eigenvalue weighted by Crippen LogP contribution is 2.30. The molecule has 86 valence electrons. The number of amides is 1. The SMILES string of the molecule is CC(=O)Nc1ccc(C)c(NCC2CC2)c1. The third kappa shape index (κ3) is 2.99. The van der Waals surface area contributed by atoms with Crippen LogP contribution < -0.4 is 10.6 Å². The van der Waals surface area contributed by atoms with Gasteiger partial charge in [0.2, 0.25) is 5.91 Å². The number of carbonyl (C=O) groups excluding carboxylic acids is 1. The normalized spacial score (nSPS) is 14.6. The van der Waals surface area contributed by atoms with Gasteiger partial charge in [-0.2, -0.15) is 0 Å². The van der Waals surface area contributed by atoms with Crippen LogP contribution in [0.4, 0.5) is 11.4 Å². The van der Waals surface area contributed by atoms with E-state index < -0.39 is 0 Å². The van der Waals surface area contributed by atoms with Crippen molar-refractivity contribution in [1.29, 1.82) is 0 Å². The molecule has 1 amide bonds. The maximum Gasteiger partial charge on any atom is 0.221 e. The van der Waals surface area contributed by atoms with Crippen LogP contribution in [0.1, 0.15) is 25.3 Å². The molecule has 3 nitrogen and oxygen atoms in total. The number of benzene rings is 1. The Balaban J connectivity index is 2.04. The van der Waals surface area contributed by atoms with Gasteiger partial charge in [-0.1, -0.05) is 6.07 Å². The summed E-state index contributed by atoms with van der Waals surface area (Å²) in [4.78, 5) is 11.0. The van der Waals surface area contributed by atoms with E-state index in [2.05, 4.69) is 17.6 Å². The lowest BCUT2D eigenvalue weighted by molar-refractivity contribution is -0.114. The molecule has 3 heteroatoms. The molecule has 0 atom stereocenters. The average Bonchev–Trinajstić information content (AvgIpc) is 3.02. The number of carbonyl (C=O) groups is 1. The first-order chi connectivity index (χ1) is 7.65. The molecule has 2 rings (SSSR count). The maximum atomic E-state index is 11.0. The Morgan fingerprint density at radius 2 is 2.19 bits per heavy atom. The van der Waals surface area contributed by atoms with Crippen molar-refractivity contribution < 1.29 is 4.79 Å². The molecule has 0 spiro atoms. The molecule has 1 aliphatic rings. The molecule has 0 bridgehead atoms. The van der Waals surface area contributed by atoms with E-state index in [9.17, 15) is 4.79 Å². The van der Waals surface area contributed by atoms with Crippen LogP contribution in [0.25, 0.3) is 0 Å². The Kier molecular flexibility index (Phi) is 3.13. The predicted octanol–water partition coefficient (Wildman–Crippen LogP) is 2.78. The molecule has 1 fully saturated rings. The molecular formula is C13H18N2O. The molecule has 1 aromatic carbocycles. The highest BCUT2D eigenvalue weighted by atomic mass is 16.1. The number of nitrogens with one attached hydrogen (secondary N) is 2. The van der Waals surface area contributed by atoms with Gasteiger partial charge in [0.05, 0.1) is 0 Å². The van der Waals surface area contributed by atoms with E-state index >= 15 is 0 Å². The van der Waals surface area contributed by atoms with Crippen LogP contribution in [0.5, 0.6) is 0 Å². The van der Waals surface area contributed by atoms with E-state index in [1.165, 1.54) is 25.3 Å². The van der Waals surface area contributed by atoms with Crippen molar-refractivity contribution in [1.82, 2.24) is 0 Å². The Bertz CT molecular complexity index is 397. The summed E-state index contributed by atoms with van der Waals surface area (Å²) in [6.45, 7) is 4.65. The van der Waals surface area contributed by atoms with Crippen LogP contribution in [0, 0.1) is 12.8 Å². The fourth-order valence-electron chi connectivity index (χ4n) is 1.67. The van der Waals surface area contributed by atoms with Crippen LogP contribution in [0.2, 0.25) is 0 Å². The second-order valence-corrected chi connectivity index (χ2v) is 4.54. The second-order valence-electron chi connectivity index (χ2n) is 4.54. The van der Waals surface area contributed by atoms with Crippen LogP contribution in [0.15, 0.2) is 18.2 Å². The summed E-state index contributed by atoms with van der Waals surface area (Å²) < 4.78 is 0. The summed E-state index contributed by atoms with van der Waals surface area (Å²) >= 11 is 0. The first-order valence-corrected chi connectivity index (χ1v) is 5.77. The van der Waals surface area contributed by atoms with Crippen LogP contribution in [-0.2, 0) is 4.79 Å². The summed E-state index contributed by atoms with van der Waals surface area (Å²) in [5.41, 5.74) is 3.20. The molecule has 1 aliphatic carbocycles. The van der Waals surface area contributed by atoms with E-state index in [0.717, 1.165) is 23.8 Å². The molecule has 1 aromatic rings. The molecule has 0 aromatic heterocycles. The van der Waals surface area contributed by atoms with Gasteiger partial charge in [0.1, 0.15) is 0 Å². The van der Waals surface area contributed by atoms with Gasteiger partial charge in [-0.3, -0.25) is 4.79 Å². The molecule has 0 radical (unpaired) electrons. The van der Waals surface area contributed by atoms with Crippen molar-refractivity contribution in [3.63, 3.8) is 0 Å². The van der Waals surface area contributed by atoms with Gasteiger partial charge in [0, 0.05) is 24.8 Å². The Hall–Kier alpha value is -1.51. The quantitative estimate of drug-likeness (QED) is 0.816. The van der Waals surface area contributed by atoms with Crippen molar-refractivity contribution in [2.75, 3.05) is 17.2 Å². The Morgan fingerprint density at radius 1 is 1.44 bits per heavy atom. The van der Waals surface area contributed by atoms with E-state index in [4.69, 9.17) is 0 Å². The maximum absolute atomic E-state index is 11.0.